The molecule has 0 aliphatic carbocycles. The Kier molecular flexibility index (Phi) is 6.58. The molecule has 0 spiro atoms. The largest absolute Gasteiger partial charge is 0.494 e. The summed E-state index contributed by atoms with van der Waals surface area (Å²) in [4.78, 5) is 31.4. The highest BCUT2D eigenvalue weighted by Crippen LogP contribution is 2.15. The maximum atomic E-state index is 12.0. The lowest BCUT2D eigenvalue weighted by atomic mass is 10.2. The quantitative estimate of drug-likeness (QED) is 0.592. The van der Waals surface area contributed by atoms with Gasteiger partial charge in [-0.25, -0.2) is 10.4 Å². The van der Waals surface area contributed by atoms with Crippen LogP contribution in [0, 0.1) is 0 Å². The monoisotopic (exact) mass is 341 g/mol. The Morgan fingerprint density at radius 1 is 1.20 bits per heavy atom. The molecule has 2 N–H and O–H groups in total. The summed E-state index contributed by atoms with van der Waals surface area (Å²) in [5, 5.41) is 6.64. The summed E-state index contributed by atoms with van der Waals surface area (Å²) >= 11 is 0. The van der Waals surface area contributed by atoms with E-state index in [-0.39, 0.29) is 18.0 Å². The van der Waals surface area contributed by atoms with Crippen LogP contribution in [-0.4, -0.2) is 34.1 Å². The molecule has 1 aromatic heterocycles. The molecule has 0 unspecified atom stereocenters. The van der Waals surface area contributed by atoms with Crippen LogP contribution in [-0.2, 0) is 4.79 Å². The first kappa shape index (κ1) is 18.1. The predicted molar refractivity (Wildman–Crippen MR) is 93.5 cm³/mol. The van der Waals surface area contributed by atoms with Gasteiger partial charge in [0.2, 0.25) is 5.91 Å². The zero-order valence-corrected chi connectivity index (χ0v) is 14.0. The van der Waals surface area contributed by atoms with Crippen LogP contribution in [0.25, 0.3) is 0 Å². The van der Waals surface area contributed by atoms with E-state index in [4.69, 9.17) is 4.74 Å². The normalized spacial score (nSPS) is 10.9. The molecule has 0 fully saturated rings. The molecule has 8 nitrogen and oxygen atoms in total. The Labute approximate surface area is 145 Å². The van der Waals surface area contributed by atoms with Gasteiger partial charge >= 0.3 is 0 Å². The van der Waals surface area contributed by atoms with E-state index in [2.05, 4.69) is 25.8 Å². The number of hydrazone groups is 1. The van der Waals surface area contributed by atoms with E-state index in [1.54, 1.807) is 31.2 Å². The minimum Gasteiger partial charge on any atom is -0.494 e. The zero-order valence-electron chi connectivity index (χ0n) is 14.0. The van der Waals surface area contributed by atoms with Crippen molar-refractivity contribution in [1.82, 2.24) is 15.4 Å². The number of nitrogens with one attached hydrogen (secondary N) is 2. The van der Waals surface area contributed by atoms with Gasteiger partial charge in [-0.1, -0.05) is 0 Å². The van der Waals surface area contributed by atoms with Gasteiger partial charge < -0.3 is 10.1 Å². The van der Waals surface area contributed by atoms with Crippen molar-refractivity contribution in [2.45, 2.75) is 20.3 Å². The number of anilines is 1. The molecule has 2 rings (SSSR count). The fraction of sp³-hybridized carbons (Fsp3) is 0.235. The molecule has 1 heterocycles. The van der Waals surface area contributed by atoms with Crippen molar-refractivity contribution in [1.29, 1.82) is 0 Å². The van der Waals surface area contributed by atoms with Crippen molar-refractivity contribution in [3.63, 3.8) is 0 Å². The molecule has 25 heavy (non-hydrogen) atoms. The van der Waals surface area contributed by atoms with Crippen LogP contribution >= 0.6 is 0 Å². The summed E-state index contributed by atoms with van der Waals surface area (Å²) in [6, 6.07) is 7.07. The maximum Gasteiger partial charge on any atom is 0.291 e. The van der Waals surface area contributed by atoms with Crippen molar-refractivity contribution in [2.24, 2.45) is 5.10 Å². The summed E-state index contributed by atoms with van der Waals surface area (Å²) < 4.78 is 5.34. The Morgan fingerprint density at radius 2 is 1.96 bits per heavy atom. The number of nitrogens with zero attached hydrogens (tertiary/aromatic N) is 3. The molecule has 0 radical (unpaired) electrons. The number of rotatable bonds is 7. The third kappa shape index (κ3) is 6.02. The Hall–Kier alpha value is -3.29. The third-order valence-corrected chi connectivity index (χ3v) is 3.01. The fourth-order valence-corrected chi connectivity index (χ4v) is 1.90. The molecule has 0 atom stereocenters. The molecular formula is C17H19N5O3. The van der Waals surface area contributed by atoms with Crippen LogP contribution in [0.15, 0.2) is 48.0 Å². The molecule has 2 aromatic rings. The van der Waals surface area contributed by atoms with Gasteiger partial charge in [0.1, 0.15) is 11.4 Å². The molecule has 8 heteroatoms. The van der Waals surface area contributed by atoms with Crippen molar-refractivity contribution in [3.8, 4) is 5.75 Å². The third-order valence-electron chi connectivity index (χ3n) is 3.01. The summed E-state index contributed by atoms with van der Waals surface area (Å²) in [5.41, 5.74) is 3.61. The minimum atomic E-state index is -0.487. The average molecular weight is 341 g/mol. The van der Waals surface area contributed by atoms with E-state index in [0.29, 0.717) is 18.0 Å². The van der Waals surface area contributed by atoms with Gasteiger partial charge in [-0.2, -0.15) is 5.10 Å². The number of ether oxygens (including phenoxy) is 1. The van der Waals surface area contributed by atoms with Crippen molar-refractivity contribution in [3.05, 3.63) is 48.5 Å². The maximum absolute atomic E-state index is 12.0. The van der Waals surface area contributed by atoms with E-state index in [9.17, 15) is 9.59 Å². The van der Waals surface area contributed by atoms with Crippen molar-refractivity contribution < 1.29 is 14.3 Å². The number of benzene rings is 1. The highest BCUT2D eigenvalue weighted by molar-refractivity contribution is 6.06. The SMILES string of the molecule is CCOc1ccc(NC(=O)C/C(C)=N\NC(=O)c2cnccn2)cc1. The lowest BCUT2D eigenvalue weighted by Crippen LogP contribution is -2.22. The lowest BCUT2D eigenvalue weighted by Gasteiger charge is -2.07. The summed E-state index contributed by atoms with van der Waals surface area (Å²) in [5.74, 6) is 0.0171. The van der Waals surface area contributed by atoms with Gasteiger partial charge in [0.15, 0.2) is 0 Å². The number of hydrogen-bond donors (Lipinski definition) is 2. The lowest BCUT2D eigenvalue weighted by molar-refractivity contribution is -0.115. The standard InChI is InChI=1S/C17H19N5O3/c1-3-25-14-6-4-13(5-7-14)20-16(23)10-12(2)21-22-17(24)15-11-18-8-9-19-15/h4-9,11H,3,10H2,1-2H3,(H,20,23)(H,22,24)/b21-12-. The smallest absolute Gasteiger partial charge is 0.291 e. The Balaban J connectivity index is 1.83. The second-order valence-corrected chi connectivity index (χ2v) is 5.06. The molecule has 1 aromatic carbocycles. The van der Waals surface area contributed by atoms with Crippen LogP contribution in [0.3, 0.4) is 0 Å². The molecule has 0 aliphatic heterocycles. The number of carbonyl (C=O) groups excluding carboxylic acids is 2. The van der Waals surface area contributed by atoms with Crippen molar-refractivity contribution >= 4 is 23.2 Å². The van der Waals surface area contributed by atoms with Crippen LogP contribution in [0.4, 0.5) is 5.69 Å². The fourth-order valence-electron chi connectivity index (χ4n) is 1.90. The number of carbonyl (C=O) groups is 2. The molecule has 2 amide bonds. The summed E-state index contributed by atoms with van der Waals surface area (Å²) in [6.07, 6.45) is 4.26. The molecule has 0 bridgehead atoms. The number of aromatic nitrogens is 2. The Morgan fingerprint density at radius 3 is 2.60 bits per heavy atom. The molecular weight excluding hydrogens is 322 g/mol. The van der Waals surface area contributed by atoms with Gasteiger partial charge in [-0.15, -0.1) is 0 Å². The summed E-state index contributed by atoms with van der Waals surface area (Å²) in [6.45, 7) is 4.14. The van der Waals surface area contributed by atoms with Crippen LogP contribution < -0.4 is 15.5 Å². The van der Waals surface area contributed by atoms with Crippen LogP contribution in [0.5, 0.6) is 5.75 Å². The Bertz CT molecular complexity index is 745. The van der Waals surface area contributed by atoms with E-state index >= 15 is 0 Å². The first-order valence-electron chi connectivity index (χ1n) is 7.70. The van der Waals surface area contributed by atoms with E-state index in [1.165, 1.54) is 18.6 Å². The van der Waals surface area contributed by atoms with Gasteiger partial charge in [0.25, 0.3) is 5.91 Å². The molecule has 0 saturated carbocycles. The highest BCUT2D eigenvalue weighted by atomic mass is 16.5. The average Bonchev–Trinajstić information content (AvgIpc) is 2.62. The highest BCUT2D eigenvalue weighted by Gasteiger charge is 2.08. The zero-order chi connectivity index (χ0) is 18.1. The number of amides is 2. The van der Waals surface area contributed by atoms with Gasteiger partial charge in [-0.05, 0) is 38.1 Å². The second-order valence-electron chi connectivity index (χ2n) is 5.06. The van der Waals surface area contributed by atoms with Crippen LogP contribution in [0.2, 0.25) is 0 Å². The van der Waals surface area contributed by atoms with Gasteiger partial charge in [0.05, 0.1) is 19.2 Å². The molecule has 0 saturated heterocycles. The van der Waals surface area contributed by atoms with Gasteiger partial charge in [0, 0.05) is 23.8 Å². The minimum absolute atomic E-state index is 0.0496. The summed E-state index contributed by atoms with van der Waals surface area (Å²) in [7, 11) is 0. The topological polar surface area (TPSA) is 106 Å². The first-order valence-corrected chi connectivity index (χ1v) is 7.70. The first-order chi connectivity index (χ1) is 12.1. The van der Waals surface area contributed by atoms with Crippen molar-refractivity contribution in [2.75, 3.05) is 11.9 Å². The van der Waals surface area contributed by atoms with E-state index < -0.39 is 5.91 Å². The molecule has 130 valence electrons. The molecule has 0 aliphatic rings. The number of hydrogen-bond acceptors (Lipinski definition) is 6. The van der Waals surface area contributed by atoms with E-state index in [1.807, 2.05) is 6.92 Å². The van der Waals surface area contributed by atoms with E-state index in [0.717, 1.165) is 5.75 Å². The van der Waals surface area contributed by atoms with Gasteiger partial charge in [-0.3, -0.25) is 14.6 Å². The second kappa shape index (κ2) is 9.11. The predicted octanol–water partition coefficient (Wildman–Crippen LogP) is 2.01. The van der Waals surface area contributed by atoms with Crippen LogP contribution in [0.1, 0.15) is 30.8 Å².